The summed E-state index contributed by atoms with van der Waals surface area (Å²) in [6.07, 6.45) is -0.0550. The first-order valence-corrected chi connectivity index (χ1v) is 8.18. The quantitative estimate of drug-likeness (QED) is 0.458. The molecule has 0 aromatic heterocycles. The summed E-state index contributed by atoms with van der Waals surface area (Å²) in [7, 11) is 0. The highest BCUT2D eigenvalue weighted by Crippen LogP contribution is 2.24. The largest absolute Gasteiger partial charge is 0.426 e. The molecule has 0 spiro atoms. The Bertz CT molecular complexity index is 812. The zero-order chi connectivity index (χ0) is 17.3. The van der Waals surface area contributed by atoms with Gasteiger partial charge in [0.05, 0.1) is 17.5 Å². The summed E-state index contributed by atoms with van der Waals surface area (Å²) in [5.41, 5.74) is 1.69. The fourth-order valence-electron chi connectivity index (χ4n) is 2.51. The number of ether oxygens (including phenoxy) is 1. The van der Waals surface area contributed by atoms with E-state index < -0.39 is 5.97 Å². The van der Waals surface area contributed by atoms with Crippen LogP contribution in [0.3, 0.4) is 0 Å². The van der Waals surface area contributed by atoms with Gasteiger partial charge >= 0.3 is 5.97 Å². The van der Waals surface area contributed by atoms with E-state index in [2.05, 4.69) is 15.9 Å². The number of aryl methyl sites for hydroxylation is 1. The lowest BCUT2D eigenvalue weighted by Gasteiger charge is -2.13. The summed E-state index contributed by atoms with van der Waals surface area (Å²) in [4.78, 5) is 37.5. The van der Waals surface area contributed by atoms with Gasteiger partial charge in [-0.1, -0.05) is 28.1 Å². The Labute approximate surface area is 147 Å². The van der Waals surface area contributed by atoms with E-state index in [4.69, 9.17) is 4.74 Å². The predicted molar refractivity (Wildman–Crippen MR) is 90.9 cm³/mol. The van der Waals surface area contributed by atoms with Gasteiger partial charge in [0.1, 0.15) is 5.75 Å². The number of carbonyl (C=O) groups excluding carboxylic acids is 3. The fraction of sp³-hybridized carbons (Fsp3) is 0.167. The van der Waals surface area contributed by atoms with Crippen LogP contribution in [-0.4, -0.2) is 29.2 Å². The fourth-order valence-corrected chi connectivity index (χ4v) is 2.76. The standard InChI is InChI=1S/C18H14BrNO4/c1-11-10-12(6-7-15(11)19)24-16(21)8-9-20-17(22)13-4-2-3-5-14(13)18(20)23/h2-7,10H,8-9H2,1H3. The van der Waals surface area contributed by atoms with E-state index in [0.717, 1.165) is 14.9 Å². The maximum absolute atomic E-state index is 12.2. The lowest BCUT2D eigenvalue weighted by Crippen LogP contribution is -2.32. The number of carbonyl (C=O) groups is 3. The van der Waals surface area contributed by atoms with Crippen molar-refractivity contribution in [3.8, 4) is 5.75 Å². The van der Waals surface area contributed by atoms with Crippen molar-refractivity contribution in [3.63, 3.8) is 0 Å². The van der Waals surface area contributed by atoms with E-state index in [0.29, 0.717) is 16.9 Å². The minimum absolute atomic E-state index is 0.000685. The molecule has 6 heteroatoms. The first-order valence-electron chi connectivity index (χ1n) is 7.39. The summed E-state index contributed by atoms with van der Waals surface area (Å²) in [5, 5.41) is 0. The summed E-state index contributed by atoms with van der Waals surface area (Å²) < 4.78 is 6.17. The summed E-state index contributed by atoms with van der Waals surface area (Å²) in [5.74, 6) is -0.804. The maximum Gasteiger partial charge on any atom is 0.312 e. The minimum atomic E-state index is -0.492. The second-order valence-electron chi connectivity index (χ2n) is 5.44. The summed E-state index contributed by atoms with van der Waals surface area (Å²) in [6, 6.07) is 11.8. The third-order valence-electron chi connectivity index (χ3n) is 3.78. The second kappa shape index (κ2) is 6.57. The van der Waals surface area contributed by atoms with Gasteiger partial charge in [-0.15, -0.1) is 0 Å². The van der Waals surface area contributed by atoms with E-state index in [1.165, 1.54) is 0 Å². The Balaban J connectivity index is 1.62. The Morgan fingerprint density at radius 1 is 1.08 bits per heavy atom. The highest BCUT2D eigenvalue weighted by atomic mass is 79.9. The number of hydrogen-bond donors (Lipinski definition) is 0. The monoisotopic (exact) mass is 387 g/mol. The number of imide groups is 1. The van der Waals surface area contributed by atoms with Gasteiger partial charge in [0.15, 0.2) is 0 Å². The van der Waals surface area contributed by atoms with Crippen molar-refractivity contribution in [2.24, 2.45) is 0 Å². The smallest absolute Gasteiger partial charge is 0.312 e. The highest BCUT2D eigenvalue weighted by Gasteiger charge is 2.35. The van der Waals surface area contributed by atoms with Gasteiger partial charge in [-0.3, -0.25) is 19.3 Å². The number of esters is 1. The number of amides is 2. The molecule has 0 aliphatic carbocycles. The average molecular weight is 388 g/mol. The van der Waals surface area contributed by atoms with Crippen LogP contribution in [0.5, 0.6) is 5.75 Å². The molecule has 0 fully saturated rings. The van der Waals surface area contributed by atoms with Crippen LogP contribution in [0.2, 0.25) is 0 Å². The lowest BCUT2D eigenvalue weighted by molar-refractivity contribution is -0.134. The zero-order valence-electron chi connectivity index (χ0n) is 12.9. The van der Waals surface area contributed by atoms with Crippen LogP contribution >= 0.6 is 15.9 Å². The lowest BCUT2D eigenvalue weighted by atomic mass is 10.1. The molecular weight excluding hydrogens is 374 g/mol. The second-order valence-corrected chi connectivity index (χ2v) is 6.30. The molecule has 122 valence electrons. The zero-order valence-corrected chi connectivity index (χ0v) is 14.5. The van der Waals surface area contributed by atoms with E-state index in [1.807, 2.05) is 6.92 Å². The number of hydrogen-bond acceptors (Lipinski definition) is 4. The van der Waals surface area contributed by atoms with Gasteiger partial charge in [-0.05, 0) is 42.8 Å². The van der Waals surface area contributed by atoms with Crippen LogP contribution in [0.4, 0.5) is 0 Å². The van der Waals surface area contributed by atoms with E-state index in [9.17, 15) is 14.4 Å². The molecule has 2 amide bonds. The number of fused-ring (bicyclic) bond motifs is 1. The normalized spacial score (nSPS) is 13.2. The van der Waals surface area contributed by atoms with E-state index in [1.54, 1.807) is 42.5 Å². The molecule has 0 bridgehead atoms. The highest BCUT2D eigenvalue weighted by molar-refractivity contribution is 9.10. The first-order chi connectivity index (χ1) is 11.5. The Hall–Kier alpha value is -2.47. The Morgan fingerprint density at radius 2 is 1.71 bits per heavy atom. The number of halogens is 1. The van der Waals surface area contributed by atoms with Gasteiger partial charge < -0.3 is 4.74 Å². The van der Waals surface area contributed by atoms with Crippen molar-refractivity contribution >= 4 is 33.7 Å². The number of rotatable bonds is 4. The number of benzene rings is 2. The molecule has 2 aromatic rings. The summed E-state index contributed by atoms with van der Waals surface area (Å²) >= 11 is 3.38. The maximum atomic E-state index is 12.2. The first kappa shape index (κ1) is 16.4. The molecule has 0 saturated carbocycles. The van der Waals surface area contributed by atoms with Crippen molar-refractivity contribution < 1.29 is 19.1 Å². The van der Waals surface area contributed by atoms with E-state index >= 15 is 0 Å². The van der Waals surface area contributed by atoms with Crippen LogP contribution in [0.25, 0.3) is 0 Å². The van der Waals surface area contributed by atoms with Crippen molar-refractivity contribution in [3.05, 3.63) is 63.6 Å². The van der Waals surface area contributed by atoms with Crippen LogP contribution in [-0.2, 0) is 4.79 Å². The molecule has 0 unspecified atom stereocenters. The van der Waals surface area contributed by atoms with E-state index in [-0.39, 0.29) is 24.8 Å². The van der Waals surface area contributed by atoms with Crippen LogP contribution < -0.4 is 4.74 Å². The predicted octanol–water partition coefficient (Wildman–Crippen LogP) is 3.35. The Kier molecular flexibility index (Phi) is 4.49. The van der Waals surface area contributed by atoms with Crippen LogP contribution in [0.15, 0.2) is 46.9 Å². The third-order valence-corrected chi connectivity index (χ3v) is 4.67. The molecule has 0 saturated heterocycles. The van der Waals surface area contributed by atoms with Crippen LogP contribution in [0, 0.1) is 6.92 Å². The SMILES string of the molecule is Cc1cc(OC(=O)CCN2C(=O)c3ccccc3C2=O)ccc1Br. The molecule has 24 heavy (non-hydrogen) atoms. The average Bonchev–Trinajstić information content (AvgIpc) is 2.81. The molecule has 0 N–H and O–H groups in total. The topological polar surface area (TPSA) is 63.7 Å². The molecule has 2 aromatic carbocycles. The van der Waals surface area contributed by atoms with Crippen molar-refractivity contribution in [2.75, 3.05) is 6.54 Å². The third kappa shape index (κ3) is 3.10. The van der Waals surface area contributed by atoms with Gasteiger partial charge in [0.2, 0.25) is 0 Å². The van der Waals surface area contributed by atoms with Crippen molar-refractivity contribution in [1.82, 2.24) is 4.90 Å². The molecule has 3 rings (SSSR count). The molecule has 1 aliphatic heterocycles. The molecule has 0 atom stereocenters. The van der Waals surface area contributed by atoms with Gasteiger partial charge in [0.25, 0.3) is 11.8 Å². The molecule has 0 radical (unpaired) electrons. The van der Waals surface area contributed by atoms with Gasteiger partial charge in [0, 0.05) is 11.0 Å². The van der Waals surface area contributed by atoms with Gasteiger partial charge in [-0.25, -0.2) is 0 Å². The van der Waals surface area contributed by atoms with Crippen LogP contribution in [0.1, 0.15) is 32.7 Å². The summed E-state index contributed by atoms with van der Waals surface area (Å²) in [6.45, 7) is 1.89. The van der Waals surface area contributed by atoms with Crippen molar-refractivity contribution in [1.29, 1.82) is 0 Å². The number of nitrogens with zero attached hydrogens (tertiary/aromatic N) is 1. The molecule has 1 heterocycles. The molecule has 5 nitrogen and oxygen atoms in total. The Morgan fingerprint density at radius 3 is 2.29 bits per heavy atom. The van der Waals surface area contributed by atoms with Gasteiger partial charge in [-0.2, -0.15) is 0 Å². The molecular formula is C18H14BrNO4. The minimum Gasteiger partial charge on any atom is -0.426 e. The molecule has 1 aliphatic rings. The van der Waals surface area contributed by atoms with Crippen molar-refractivity contribution in [2.45, 2.75) is 13.3 Å².